The van der Waals surface area contributed by atoms with E-state index < -0.39 is 0 Å². The van der Waals surface area contributed by atoms with Crippen molar-refractivity contribution in [2.24, 2.45) is 0 Å². The minimum absolute atomic E-state index is 0.623. The molecule has 0 aromatic heterocycles. The lowest BCUT2D eigenvalue weighted by Gasteiger charge is -2.08. The van der Waals surface area contributed by atoms with Gasteiger partial charge in [0.05, 0.1) is 13.2 Å². The highest BCUT2D eigenvalue weighted by Gasteiger charge is 2.02. The molecule has 2 nitrogen and oxygen atoms in total. The number of rotatable bonds is 4. The third-order valence-electron chi connectivity index (χ3n) is 1.77. The molecule has 0 atom stereocenters. The zero-order valence-corrected chi connectivity index (χ0v) is 9.43. The summed E-state index contributed by atoms with van der Waals surface area (Å²) in [4.78, 5) is 0. The Morgan fingerprint density at radius 2 is 1.69 bits per heavy atom. The van der Waals surface area contributed by atoms with Crippen molar-refractivity contribution in [2.45, 2.75) is 13.2 Å². The molecule has 0 saturated carbocycles. The van der Waals surface area contributed by atoms with Gasteiger partial charge in [-0.15, -0.1) is 0 Å². The minimum atomic E-state index is 0.623. The number of hydrogen-bond donors (Lipinski definition) is 0. The molecule has 0 aliphatic heterocycles. The number of halogens is 1. The Hall–Kier alpha value is -0.380. The first kappa shape index (κ1) is 10.7. The summed E-state index contributed by atoms with van der Waals surface area (Å²) in [6, 6.07) is 6.10. The standard InChI is InChI=1S/C10H13BrO2/c1-12-6-8-3-4-10(11)5-9(8)7-13-2/h3-5H,6-7H2,1-2H3. The third kappa shape index (κ3) is 3.10. The first-order valence-corrected chi connectivity index (χ1v) is 4.82. The second kappa shape index (κ2) is 5.37. The highest BCUT2D eigenvalue weighted by molar-refractivity contribution is 9.10. The van der Waals surface area contributed by atoms with Crippen LogP contribution in [0.3, 0.4) is 0 Å². The summed E-state index contributed by atoms with van der Waals surface area (Å²) in [7, 11) is 3.39. The summed E-state index contributed by atoms with van der Waals surface area (Å²) < 4.78 is 11.2. The third-order valence-corrected chi connectivity index (χ3v) is 2.26. The lowest BCUT2D eigenvalue weighted by Crippen LogP contribution is -1.97. The molecule has 0 N–H and O–H groups in total. The molecule has 1 aromatic rings. The number of hydrogen-bond acceptors (Lipinski definition) is 2. The Bertz CT molecular complexity index is 274. The topological polar surface area (TPSA) is 18.5 Å². The van der Waals surface area contributed by atoms with Crippen molar-refractivity contribution in [3.8, 4) is 0 Å². The van der Waals surface area contributed by atoms with Crippen LogP contribution >= 0.6 is 15.9 Å². The van der Waals surface area contributed by atoms with E-state index in [2.05, 4.69) is 22.0 Å². The fraction of sp³-hybridized carbons (Fsp3) is 0.400. The summed E-state index contributed by atoms with van der Waals surface area (Å²) in [5.41, 5.74) is 2.34. The molecule has 0 spiro atoms. The highest BCUT2D eigenvalue weighted by Crippen LogP contribution is 2.18. The average Bonchev–Trinajstić information content (AvgIpc) is 2.10. The predicted molar refractivity (Wildman–Crippen MR) is 55.6 cm³/mol. The molecule has 0 bridgehead atoms. The first-order valence-electron chi connectivity index (χ1n) is 4.03. The van der Waals surface area contributed by atoms with E-state index in [4.69, 9.17) is 9.47 Å². The fourth-order valence-corrected chi connectivity index (χ4v) is 1.59. The maximum absolute atomic E-state index is 5.09. The average molecular weight is 245 g/mol. The van der Waals surface area contributed by atoms with Crippen LogP contribution in [0.15, 0.2) is 22.7 Å². The van der Waals surface area contributed by atoms with Gasteiger partial charge in [-0.1, -0.05) is 22.0 Å². The van der Waals surface area contributed by atoms with E-state index in [9.17, 15) is 0 Å². The van der Waals surface area contributed by atoms with Crippen LogP contribution in [0.4, 0.5) is 0 Å². The van der Waals surface area contributed by atoms with Crippen LogP contribution in [-0.4, -0.2) is 14.2 Å². The van der Waals surface area contributed by atoms with Crippen LogP contribution in [0.5, 0.6) is 0 Å². The van der Waals surface area contributed by atoms with E-state index in [1.54, 1.807) is 14.2 Å². The van der Waals surface area contributed by atoms with E-state index in [0.717, 1.165) is 4.47 Å². The van der Waals surface area contributed by atoms with Gasteiger partial charge in [0.2, 0.25) is 0 Å². The molecule has 13 heavy (non-hydrogen) atoms. The van der Waals surface area contributed by atoms with Gasteiger partial charge in [0.25, 0.3) is 0 Å². The van der Waals surface area contributed by atoms with E-state index >= 15 is 0 Å². The van der Waals surface area contributed by atoms with Crippen LogP contribution in [0.1, 0.15) is 11.1 Å². The number of ether oxygens (including phenoxy) is 2. The molecule has 1 aromatic carbocycles. The van der Waals surface area contributed by atoms with Crippen LogP contribution in [0, 0.1) is 0 Å². The zero-order valence-electron chi connectivity index (χ0n) is 7.84. The van der Waals surface area contributed by atoms with Crippen LogP contribution < -0.4 is 0 Å². The molecule has 0 aliphatic rings. The van der Waals surface area contributed by atoms with Gasteiger partial charge in [-0.2, -0.15) is 0 Å². The molecular formula is C10H13BrO2. The fourth-order valence-electron chi connectivity index (χ4n) is 1.18. The second-order valence-electron chi connectivity index (χ2n) is 2.78. The molecule has 0 aliphatic carbocycles. The molecule has 1 rings (SSSR count). The quantitative estimate of drug-likeness (QED) is 0.811. The van der Waals surface area contributed by atoms with Crippen molar-refractivity contribution in [3.05, 3.63) is 33.8 Å². The van der Waals surface area contributed by atoms with E-state index in [1.807, 2.05) is 12.1 Å². The first-order chi connectivity index (χ1) is 6.27. The van der Waals surface area contributed by atoms with Gasteiger partial charge in [-0.25, -0.2) is 0 Å². The van der Waals surface area contributed by atoms with Crippen molar-refractivity contribution in [1.82, 2.24) is 0 Å². The van der Waals surface area contributed by atoms with Crippen molar-refractivity contribution in [2.75, 3.05) is 14.2 Å². The summed E-state index contributed by atoms with van der Waals surface area (Å²) in [5.74, 6) is 0. The van der Waals surface area contributed by atoms with Gasteiger partial charge in [0.15, 0.2) is 0 Å². The van der Waals surface area contributed by atoms with Gasteiger partial charge in [-0.3, -0.25) is 0 Å². The summed E-state index contributed by atoms with van der Waals surface area (Å²) in [6.45, 7) is 1.25. The predicted octanol–water partition coefficient (Wildman–Crippen LogP) is 2.74. The second-order valence-corrected chi connectivity index (χ2v) is 3.69. The van der Waals surface area contributed by atoms with E-state index in [0.29, 0.717) is 13.2 Å². The monoisotopic (exact) mass is 244 g/mol. The molecule has 0 heterocycles. The molecule has 0 radical (unpaired) electrons. The Morgan fingerprint density at radius 3 is 2.31 bits per heavy atom. The lowest BCUT2D eigenvalue weighted by molar-refractivity contribution is 0.168. The van der Waals surface area contributed by atoms with E-state index in [1.165, 1.54) is 11.1 Å². The Kier molecular flexibility index (Phi) is 4.42. The van der Waals surface area contributed by atoms with Gasteiger partial charge in [-0.05, 0) is 23.3 Å². The van der Waals surface area contributed by atoms with Crippen molar-refractivity contribution in [1.29, 1.82) is 0 Å². The Morgan fingerprint density at radius 1 is 1.08 bits per heavy atom. The van der Waals surface area contributed by atoms with Crippen LogP contribution in [0.2, 0.25) is 0 Å². The summed E-state index contributed by atoms with van der Waals surface area (Å²) in [5, 5.41) is 0. The molecule has 0 fully saturated rings. The maximum Gasteiger partial charge on any atom is 0.0716 e. The van der Waals surface area contributed by atoms with Gasteiger partial charge < -0.3 is 9.47 Å². The Balaban J connectivity index is 2.89. The molecule has 0 unspecified atom stereocenters. The van der Waals surface area contributed by atoms with Gasteiger partial charge in [0, 0.05) is 18.7 Å². The summed E-state index contributed by atoms with van der Waals surface area (Å²) >= 11 is 3.42. The SMILES string of the molecule is COCc1ccc(Br)cc1COC. The number of benzene rings is 1. The van der Waals surface area contributed by atoms with E-state index in [-0.39, 0.29) is 0 Å². The molecule has 0 saturated heterocycles. The normalized spacial score (nSPS) is 10.4. The smallest absolute Gasteiger partial charge is 0.0716 e. The summed E-state index contributed by atoms with van der Waals surface area (Å²) in [6.07, 6.45) is 0. The molecule has 3 heteroatoms. The zero-order chi connectivity index (χ0) is 9.68. The minimum Gasteiger partial charge on any atom is -0.380 e. The van der Waals surface area contributed by atoms with Crippen molar-refractivity contribution in [3.63, 3.8) is 0 Å². The lowest BCUT2D eigenvalue weighted by atomic mass is 10.1. The largest absolute Gasteiger partial charge is 0.380 e. The van der Waals surface area contributed by atoms with Crippen LogP contribution in [-0.2, 0) is 22.7 Å². The van der Waals surface area contributed by atoms with Gasteiger partial charge in [0.1, 0.15) is 0 Å². The molecule has 72 valence electrons. The number of methoxy groups -OCH3 is 2. The van der Waals surface area contributed by atoms with Crippen LogP contribution in [0.25, 0.3) is 0 Å². The Labute approximate surface area is 87.0 Å². The maximum atomic E-state index is 5.09. The van der Waals surface area contributed by atoms with Crippen molar-refractivity contribution < 1.29 is 9.47 Å². The van der Waals surface area contributed by atoms with Crippen molar-refractivity contribution >= 4 is 15.9 Å². The highest BCUT2D eigenvalue weighted by atomic mass is 79.9. The van der Waals surface area contributed by atoms with Gasteiger partial charge >= 0.3 is 0 Å². The molecule has 0 amide bonds. The molecular weight excluding hydrogens is 232 g/mol.